The molecule has 0 N–H and O–H groups in total. The van der Waals surface area contributed by atoms with Crippen LogP contribution < -0.4 is 98.5 Å². The van der Waals surface area contributed by atoms with Gasteiger partial charge in [0.15, 0.2) is 0 Å². The molecule has 0 spiro atoms. The van der Waals surface area contributed by atoms with Gasteiger partial charge < -0.3 is 9.11 Å². The summed E-state index contributed by atoms with van der Waals surface area (Å²) in [4.78, 5) is 0. The average molecular weight is 346 g/mol. The minimum absolute atomic E-state index is 0. The summed E-state index contributed by atoms with van der Waals surface area (Å²) in [7, 11) is -7.83. The zero-order valence-corrected chi connectivity index (χ0v) is 17.2. The first-order valence-corrected chi connectivity index (χ1v) is 5.45. The smallest absolute Gasteiger partial charge is 0.748 e. The van der Waals surface area contributed by atoms with E-state index in [1.54, 1.807) is 0 Å². The van der Waals surface area contributed by atoms with Crippen molar-refractivity contribution >= 4 is 20.2 Å². The molecular weight excluding hydrogens is 340 g/mol. The Bertz CT molecular complexity index is 220. The minimum atomic E-state index is -3.92. The Morgan fingerprint density at radius 1 is 0.833 bits per heavy atom. The molecule has 6 nitrogen and oxygen atoms in total. The van der Waals surface area contributed by atoms with Gasteiger partial charge >= 0.3 is 98.5 Å². The van der Waals surface area contributed by atoms with Crippen molar-refractivity contribution in [3.8, 4) is 0 Å². The van der Waals surface area contributed by atoms with Crippen LogP contribution in [0, 0.1) is 0 Å². The number of rotatable bonds is 0. The standard InChI is InChI=1S/2CH4O3S.Cs.Na/c2*1-5(2,3)4;;/h2*1H3,(H,2,3,4);;/q;;2*+1/p-2. The van der Waals surface area contributed by atoms with E-state index in [2.05, 4.69) is 0 Å². The molecule has 0 saturated heterocycles. The Balaban J connectivity index is -0.0000000457. The molecule has 0 aromatic carbocycles. The SMILES string of the molecule is CS(=O)(=O)[O-].CS(=O)(=O)[O-].[Cs+].[Na+]. The van der Waals surface area contributed by atoms with Gasteiger partial charge in [0, 0.05) is 12.5 Å². The summed E-state index contributed by atoms with van der Waals surface area (Å²) < 4.78 is 54.5. The molecule has 0 fully saturated rings. The van der Waals surface area contributed by atoms with Crippen LogP contribution >= 0.6 is 0 Å². The molecule has 0 aliphatic heterocycles. The van der Waals surface area contributed by atoms with E-state index in [9.17, 15) is 0 Å². The topological polar surface area (TPSA) is 114 Å². The maximum Gasteiger partial charge on any atom is 1.00 e. The predicted octanol–water partition coefficient (Wildman–Crippen LogP) is -7.67. The average Bonchev–Trinajstić information content (AvgIpc) is 1.12. The van der Waals surface area contributed by atoms with Crippen molar-refractivity contribution in [2.24, 2.45) is 0 Å². The van der Waals surface area contributed by atoms with E-state index in [0.717, 1.165) is 0 Å². The largest absolute Gasteiger partial charge is 1.00 e. The fraction of sp³-hybridized carbons (Fsp3) is 1.00. The van der Waals surface area contributed by atoms with Crippen LogP contribution in [0.25, 0.3) is 0 Å². The monoisotopic (exact) mass is 346 g/mol. The molecule has 0 rings (SSSR count). The molecular formula is C2H6CsNaO6S2. The van der Waals surface area contributed by atoms with Gasteiger partial charge in [-0.2, -0.15) is 0 Å². The predicted molar refractivity (Wildman–Crippen MR) is 31.2 cm³/mol. The zero-order valence-electron chi connectivity index (χ0n) is 7.27. The van der Waals surface area contributed by atoms with E-state index in [0.29, 0.717) is 12.5 Å². The van der Waals surface area contributed by atoms with Crippen molar-refractivity contribution in [1.29, 1.82) is 0 Å². The van der Waals surface area contributed by atoms with Crippen LogP contribution in [0.2, 0.25) is 0 Å². The number of hydrogen-bond acceptors (Lipinski definition) is 6. The Morgan fingerprint density at radius 2 is 0.833 bits per heavy atom. The summed E-state index contributed by atoms with van der Waals surface area (Å²) in [5.41, 5.74) is 0. The first kappa shape index (κ1) is 24.2. The van der Waals surface area contributed by atoms with E-state index in [4.69, 9.17) is 25.9 Å². The van der Waals surface area contributed by atoms with E-state index in [-0.39, 0.29) is 98.5 Å². The van der Waals surface area contributed by atoms with E-state index < -0.39 is 20.2 Å². The molecule has 0 saturated carbocycles. The third-order valence-corrected chi connectivity index (χ3v) is 0. The fourth-order valence-corrected chi connectivity index (χ4v) is 0. The Morgan fingerprint density at radius 3 is 0.833 bits per heavy atom. The second-order valence-corrected chi connectivity index (χ2v) is 4.22. The van der Waals surface area contributed by atoms with Gasteiger partial charge in [0.2, 0.25) is 0 Å². The van der Waals surface area contributed by atoms with E-state index in [1.807, 2.05) is 0 Å². The summed E-state index contributed by atoms with van der Waals surface area (Å²) in [5, 5.41) is 0. The fourth-order valence-electron chi connectivity index (χ4n) is 0. The molecule has 64 valence electrons. The van der Waals surface area contributed by atoms with E-state index in [1.165, 1.54) is 0 Å². The minimum Gasteiger partial charge on any atom is -0.748 e. The third kappa shape index (κ3) is 220. The van der Waals surface area contributed by atoms with Crippen LogP contribution in [-0.4, -0.2) is 38.5 Å². The van der Waals surface area contributed by atoms with Crippen LogP contribution in [0.4, 0.5) is 0 Å². The van der Waals surface area contributed by atoms with Gasteiger partial charge in [-0.1, -0.05) is 0 Å². The van der Waals surface area contributed by atoms with Crippen molar-refractivity contribution in [1.82, 2.24) is 0 Å². The normalized spacial score (nSPS) is 9.67. The molecule has 0 heterocycles. The molecule has 0 unspecified atom stereocenters. The van der Waals surface area contributed by atoms with Crippen molar-refractivity contribution in [2.75, 3.05) is 12.5 Å². The van der Waals surface area contributed by atoms with Crippen LogP contribution in [-0.2, 0) is 20.2 Å². The molecule has 0 aromatic heterocycles. The zero-order chi connectivity index (χ0) is 9.00. The summed E-state index contributed by atoms with van der Waals surface area (Å²) in [5.74, 6) is 0. The molecule has 0 bridgehead atoms. The molecule has 0 atom stereocenters. The van der Waals surface area contributed by atoms with Crippen molar-refractivity contribution < 1.29 is 124 Å². The van der Waals surface area contributed by atoms with Crippen molar-refractivity contribution in [3.05, 3.63) is 0 Å². The summed E-state index contributed by atoms with van der Waals surface area (Å²) in [6, 6.07) is 0. The second kappa shape index (κ2) is 10.4. The van der Waals surface area contributed by atoms with E-state index >= 15 is 0 Å². The molecule has 0 aromatic rings. The van der Waals surface area contributed by atoms with Gasteiger partial charge in [-0.25, -0.2) is 16.8 Å². The van der Waals surface area contributed by atoms with Gasteiger partial charge in [0.1, 0.15) is 0 Å². The Labute approximate surface area is 153 Å². The van der Waals surface area contributed by atoms with Crippen LogP contribution in [0.3, 0.4) is 0 Å². The van der Waals surface area contributed by atoms with Gasteiger partial charge in [-0.3, -0.25) is 0 Å². The van der Waals surface area contributed by atoms with Gasteiger partial charge in [-0.05, 0) is 0 Å². The molecule has 0 amide bonds. The molecule has 0 radical (unpaired) electrons. The van der Waals surface area contributed by atoms with Gasteiger partial charge in [0.25, 0.3) is 0 Å². The van der Waals surface area contributed by atoms with Crippen LogP contribution in [0.5, 0.6) is 0 Å². The number of hydrogen-bond donors (Lipinski definition) is 0. The maximum atomic E-state index is 9.08. The van der Waals surface area contributed by atoms with Crippen LogP contribution in [0.1, 0.15) is 0 Å². The quantitative estimate of drug-likeness (QED) is 0.318. The molecule has 0 aliphatic rings. The van der Waals surface area contributed by atoms with Gasteiger partial charge in [0.05, 0.1) is 20.2 Å². The molecule has 12 heavy (non-hydrogen) atoms. The van der Waals surface area contributed by atoms with Crippen molar-refractivity contribution in [2.45, 2.75) is 0 Å². The van der Waals surface area contributed by atoms with Crippen LogP contribution in [0.15, 0.2) is 0 Å². The molecule has 10 heteroatoms. The van der Waals surface area contributed by atoms with Crippen molar-refractivity contribution in [3.63, 3.8) is 0 Å². The summed E-state index contributed by atoms with van der Waals surface area (Å²) >= 11 is 0. The van der Waals surface area contributed by atoms with Gasteiger partial charge in [-0.15, -0.1) is 0 Å². The summed E-state index contributed by atoms with van der Waals surface area (Å²) in [6.07, 6.45) is 1.21. The third-order valence-electron chi connectivity index (χ3n) is 0. The first-order valence-electron chi connectivity index (χ1n) is 1.82. The second-order valence-electron chi connectivity index (χ2n) is 1.41. The Hall–Kier alpha value is 2.87. The Kier molecular flexibility index (Phi) is 21.0. The molecule has 0 aliphatic carbocycles. The first-order chi connectivity index (χ1) is 4.00. The maximum absolute atomic E-state index is 9.08. The summed E-state index contributed by atoms with van der Waals surface area (Å²) in [6.45, 7) is 0.